The van der Waals surface area contributed by atoms with Crippen molar-refractivity contribution in [1.29, 1.82) is 0 Å². The van der Waals surface area contributed by atoms with Crippen molar-refractivity contribution in [3.05, 3.63) is 41.0 Å². The molecule has 0 nitrogen and oxygen atoms in total. The lowest BCUT2D eigenvalue weighted by atomic mass is 10.0. The zero-order valence-electron chi connectivity index (χ0n) is 8.11. The molecule has 1 rings (SSSR count). The maximum atomic E-state index is 12.4. The highest BCUT2D eigenvalue weighted by Crippen LogP contribution is 2.30. The average molecular weight is 279 g/mol. The summed E-state index contributed by atoms with van der Waals surface area (Å²) < 4.78 is 37.2. The Hall–Kier alpha value is -0.770. The van der Waals surface area contributed by atoms with E-state index in [2.05, 4.69) is 15.9 Å². The van der Waals surface area contributed by atoms with Gasteiger partial charge in [0.05, 0.1) is 5.56 Å². The van der Waals surface area contributed by atoms with Gasteiger partial charge in [0.25, 0.3) is 0 Å². The van der Waals surface area contributed by atoms with Crippen molar-refractivity contribution in [2.45, 2.75) is 13.1 Å². The molecule has 0 aliphatic carbocycles. The number of hydrogen-bond donors (Lipinski definition) is 0. The van der Waals surface area contributed by atoms with E-state index in [1.165, 1.54) is 6.07 Å². The molecule has 0 atom stereocenters. The van der Waals surface area contributed by atoms with Crippen LogP contribution in [-0.4, -0.2) is 5.33 Å². The third-order valence-corrected chi connectivity index (χ3v) is 2.37. The van der Waals surface area contributed by atoms with Crippen LogP contribution in [0.5, 0.6) is 0 Å². The molecule has 0 unspecified atom stereocenters. The first-order valence-electron chi connectivity index (χ1n) is 4.35. The summed E-state index contributed by atoms with van der Waals surface area (Å²) in [6.07, 6.45) is -0.827. The quantitative estimate of drug-likeness (QED) is 0.703. The molecule has 0 aliphatic heterocycles. The van der Waals surface area contributed by atoms with Gasteiger partial charge in [-0.3, -0.25) is 0 Å². The van der Waals surface area contributed by atoms with Crippen molar-refractivity contribution in [3.63, 3.8) is 0 Å². The molecule has 82 valence electrons. The molecule has 0 aromatic heterocycles. The first-order chi connectivity index (χ1) is 6.95. The van der Waals surface area contributed by atoms with Crippen LogP contribution in [0.2, 0.25) is 0 Å². The fourth-order valence-electron chi connectivity index (χ4n) is 1.17. The second-order valence-corrected chi connectivity index (χ2v) is 3.77. The van der Waals surface area contributed by atoms with E-state index in [0.29, 0.717) is 10.9 Å². The standard InChI is InChI=1S/C11H10BrF3/c1-8-4-5-10(11(13,14)15)7-9(8)3-2-6-12/h2-5,7H,6H2,1H3. The third-order valence-electron chi connectivity index (χ3n) is 1.99. The Morgan fingerprint density at radius 1 is 1.33 bits per heavy atom. The van der Waals surface area contributed by atoms with E-state index in [-0.39, 0.29) is 0 Å². The Morgan fingerprint density at radius 2 is 2.00 bits per heavy atom. The van der Waals surface area contributed by atoms with Crippen molar-refractivity contribution in [2.24, 2.45) is 0 Å². The molecule has 15 heavy (non-hydrogen) atoms. The van der Waals surface area contributed by atoms with Gasteiger partial charge in [-0.2, -0.15) is 13.2 Å². The Morgan fingerprint density at radius 3 is 2.53 bits per heavy atom. The van der Waals surface area contributed by atoms with E-state index < -0.39 is 11.7 Å². The van der Waals surface area contributed by atoms with Gasteiger partial charge in [-0.1, -0.05) is 34.1 Å². The molecule has 0 bridgehead atoms. The lowest BCUT2D eigenvalue weighted by molar-refractivity contribution is -0.137. The highest BCUT2D eigenvalue weighted by Gasteiger charge is 2.30. The molecule has 0 saturated carbocycles. The van der Waals surface area contributed by atoms with E-state index >= 15 is 0 Å². The van der Waals surface area contributed by atoms with Crippen LogP contribution in [0.15, 0.2) is 24.3 Å². The summed E-state index contributed by atoms with van der Waals surface area (Å²) in [5, 5.41) is 0.628. The van der Waals surface area contributed by atoms with Crippen LogP contribution < -0.4 is 0 Å². The van der Waals surface area contributed by atoms with Crippen LogP contribution in [0.3, 0.4) is 0 Å². The third kappa shape index (κ3) is 3.38. The normalized spacial score (nSPS) is 12.3. The summed E-state index contributed by atoms with van der Waals surface area (Å²) in [7, 11) is 0. The average Bonchev–Trinajstić information content (AvgIpc) is 2.15. The lowest BCUT2D eigenvalue weighted by Gasteiger charge is -2.08. The number of benzene rings is 1. The first-order valence-corrected chi connectivity index (χ1v) is 5.47. The van der Waals surface area contributed by atoms with E-state index in [1.807, 2.05) is 0 Å². The Bertz CT molecular complexity index is 367. The van der Waals surface area contributed by atoms with Crippen LogP contribution in [-0.2, 0) is 6.18 Å². The summed E-state index contributed by atoms with van der Waals surface area (Å²) in [5.41, 5.74) is 0.826. The second-order valence-electron chi connectivity index (χ2n) is 3.13. The van der Waals surface area contributed by atoms with Crippen LogP contribution in [0.4, 0.5) is 13.2 Å². The van der Waals surface area contributed by atoms with Gasteiger partial charge in [-0.05, 0) is 30.2 Å². The molecule has 0 aliphatic rings. The van der Waals surface area contributed by atoms with Gasteiger partial charge in [-0.15, -0.1) is 0 Å². The SMILES string of the molecule is Cc1ccc(C(F)(F)F)cc1C=CCBr. The molecular formula is C11H10BrF3. The smallest absolute Gasteiger partial charge is 0.166 e. The van der Waals surface area contributed by atoms with Crippen molar-refractivity contribution in [2.75, 3.05) is 5.33 Å². The van der Waals surface area contributed by atoms with Crippen LogP contribution in [0.1, 0.15) is 16.7 Å². The minimum absolute atomic E-state index is 0.601. The number of halogens is 4. The van der Waals surface area contributed by atoms with Gasteiger partial charge in [-0.25, -0.2) is 0 Å². The minimum Gasteiger partial charge on any atom is -0.166 e. The lowest BCUT2D eigenvalue weighted by Crippen LogP contribution is -2.05. The van der Waals surface area contributed by atoms with Crippen LogP contribution in [0, 0.1) is 6.92 Å². The molecule has 1 aromatic carbocycles. The van der Waals surface area contributed by atoms with Crippen molar-refractivity contribution in [1.82, 2.24) is 0 Å². The van der Waals surface area contributed by atoms with Gasteiger partial charge in [0.2, 0.25) is 0 Å². The number of allylic oxidation sites excluding steroid dienone is 1. The maximum absolute atomic E-state index is 12.4. The maximum Gasteiger partial charge on any atom is 0.416 e. The van der Waals surface area contributed by atoms with Gasteiger partial charge in [0.15, 0.2) is 0 Å². The number of alkyl halides is 4. The minimum atomic E-state index is -4.27. The molecule has 0 saturated heterocycles. The van der Waals surface area contributed by atoms with Crippen LogP contribution >= 0.6 is 15.9 Å². The highest BCUT2D eigenvalue weighted by atomic mass is 79.9. The largest absolute Gasteiger partial charge is 0.416 e. The van der Waals surface area contributed by atoms with Crippen molar-refractivity contribution >= 4 is 22.0 Å². The van der Waals surface area contributed by atoms with Crippen molar-refractivity contribution < 1.29 is 13.2 Å². The van der Waals surface area contributed by atoms with E-state index in [9.17, 15) is 13.2 Å². The van der Waals surface area contributed by atoms with Crippen molar-refractivity contribution in [3.8, 4) is 0 Å². The zero-order chi connectivity index (χ0) is 11.5. The second kappa shape index (κ2) is 4.84. The molecule has 0 spiro atoms. The topological polar surface area (TPSA) is 0 Å². The summed E-state index contributed by atoms with van der Waals surface area (Å²) in [6, 6.07) is 3.74. The molecule has 0 fully saturated rings. The zero-order valence-corrected chi connectivity index (χ0v) is 9.69. The molecule has 0 N–H and O–H groups in total. The predicted octanol–water partition coefficient (Wildman–Crippen LogP) is 4.42. The van der Waals surface area contributed by atoms with Gasteiger partial charge < -0.3 is 0 Å². The first kappa shape index (κ1) is 12.3. The summed E-state index contributed by atoms with van der Waals surface area (Å²) in [4.78, 5) is 0. The number of aryl methyl sites for hydroxylation is 1. The summed E-state index contributed by atoms with van der Waals surface area (Å²) >= 11 is 3.18. The Balaban J connectivity index is 3.11. The summed E-state index contributed by atoms with van der Waals surface area (Å²) in [5.74, 6) is 0. The summed E-state index contributed by atoms with van der Waals surface area (Å²) in [6.45, 7) is 1.79. The van der Waals surface area contributed by atoms with Gasteiger partial charge in [0.1, 0.15) is 0 Å². The Kier molecular flexibility index (Phi) is 3.97. The number of rotatable bonds is 2. The predicted molar refractivity (Wildman–Crippen MR) is 59.0 cm³/mol. The van der Waals surface area contributed by atoms with E-state index in [4.69, 9.17) is 0 Å². The highest BCUT2D eigenvalue weighted by molar-refractivity contribution is 9.09. The fourth-order valence-corrected chi connectivity index (χ4v) is 1.35. The van der Waals surface area contributed by atoms with E-state index in [0.717, 1.165) is 17.7 Å². The molecular weight excluding hydrogens is 269 g/mol. The van der Waals surface area contributed by atoms with E-state index in [1.54, 1.807) is 19.1 Å². The molecule has 0 heterocycles. The number of hydrogen-bond acceptors (Lipinski definition) is 0. The monoisotopic (exact) mass is 278 g/mol. The fraction of sp³-hybridized carbons (Fsp3) is 0.273. The molecule has 0 amide bonds. The van der Waals surface area contributed by atoms with Gasteiger partial charge in [0, 0.05) is 5.33 Å². The molecule has 4 heteroatoms. The molecule has 1 aromatic rings. The Labute approximate surface area is 94.9 Å². The molecule has 0 radical (unpaired) electrons. The van der Waals surface area contributed by atoms with Crippen LogP contribution in [0.25, 0.3) is 6.08 Å². The van der Waals surface area contributed by atoms with Gasteiger partial charge >= 0.3 is 6.18 Å².